The number of azide groups is 1. The summed E-state index contributed by atoms with van der Waals surface area (Å²) in [6, 6.07) is 13.1. The lowest BCUT2D eigenvalue weighted by molar-refractivity contribution is 0.175. The van der Waals surface area contributed by atoms with Crippen LogP contribution in [0.3, 0.4) is 0 Å². The van der Waals surface area contributed by atoms with Crippen LogP contribution in [0.1, 0.15) is 94.5 Å². The second kappa shape index (κ2) is 18.5. The van der Waals surface area contributed by atoms with Crippen LogP contribution in [0, 0.1) is 23.3 Å². The SMILES string of the molecule is C[Si](C)(C)c1ccc(F)c2c1CC[C@@H]2O.C[Si](C)(C)c1ccc(F)c2c1CC[C@H]2N.C[Si](C)(C)c1ccc(F)c2c1CC[C@H]2N=[N+]=[N-].O[C@H]1CCc2c(Br)ccc(F)c21. The molecule has 318 valence electrons. The van der Waals surface area contributed by atoms with Crippen LogP contribution in [0.2, 0.25) is 58.9 Å². The van der Waals surface area contributed by atoms with Crippen LogP contribution < -0.4 is 21.3 Å². The van der Waals surface area contributed by atoms with Gasteiger partial charge in [0.2, 0.25) is 0 Å². The van der Waals surface area contributed by atoms with Gasteiger partial charge in [-0.15, -0.1) is 0 Å². The highest BCUT2D eigenvalue weighted by Crippen LogP contribution is 2.38. The van der Waals surface area contributed by atoms with Gasteiger partial charge in [-0.25, -0.2) is 17.6 Å². The minimum absolute atomic E-state index is 0.0868. The average Bonchev–Trinajstić information content (AvgIpc) is 3.94. The molecule has 0 amide bonds. The number of hydrogen-bond acceptors (Lipinski definition) is 4. The third-order valence-corrected chi connectivity index (χ3v) is 18.8. The molecule has 0 aromatic heterocycles. The molecule has 0 bridgehead atoms. The third kappa shape index (κ3) is 10.3. The second-order valence-electron chi connectivity index (χ2n) is 19.1. The van der Waals surface area contributed by atoms with Crippen LogP contribution >= 0.6 is 15.9 Å². The molecular weight excluding hydrogens is 869 g/mol. The molecule has 4 N–H and O–H groups in total. The van der Waals surface area contributed by atoms with Crippen LogP contribution in [-0.4, -0.2) is 34.4 Å². The Morgan fingerprint density at radius 1 is 0.559 bits per heavy atom. The summed E-state index contributed by atoms with van der Waals surface area (Å²) in [5.41, 5.74) is 21.2. The number of halogens is 5. The Hall–Kier alpha value is -3.08. The smallest absolute Gasteiger partial charge is 0.129 e. The van der Waals surface area contributed by atoms with Gasteiger partial charge < -0.3 is 15.9 Å². The zero-order valence-electron chi connectivity index (χ0n) is 35.8. The van der Waals surface area contributed by atoms with Crippen LogP contribution in [0.5, 0.6) is 0 Å². The Morgan fingerprint density at radius 3 is 1.37 bits per heavy atom. The highest BCUT2D eigenvalue weighted by Gasteiger charge is 2.33. The normalized spacial score (nSPS) is 20.1. The Bertz CT molecular complexity index is 2170. The lowest BCUT2D eigenvalue weighted by Crippen LogP contribution is -2.40. The lowest BCUT2D eigenvalue weighted by atomic mass is 10.1. The van der Waals surface area contributed by atoms with Crippen molar-refractivity contribution in [2.75, 3.05) is 0 Å². The predicted molar refractivity (Wildman–Crippen MR) is 244 cm³/mol. The van der Waals surface area contributed by atoms with Gasteiger partial charge in [-0.2, -0.15) is 0 Å². The minimum atomic E-state index is -1.47. The summed E-state index contributed by atoms with van der Waals surface area (Å²) in [7, 11) is -4.25. The van der Waals surface area contributed by atoms with Crippen molar-refractivity contribution >= 4 is 55.7 Å². The molecule has 4 aliphatic carbocycles. The van der Waals surface area contributed by atoms with Crippen molar-refractivity contribution in [1.82, 2.24) is 0 Å². The summed E-state index contributed by atoms with van der Waals surface area (Å²) in [5.74, 6) is -0.871. The van der Waals surface area contributed by atoms with E-state index in [1.54, 1.807) is 12.1 Å². The quantitative estimate of drug-likeness (QED) is 0.0622. The lowest BCUT2D eigenvalue weighted by Gasteiger charge is -2.21. The number of rotatable bonds is 4. The van der Waals surface area contributed by atoms with Crippen molar-refractivity contribution in [3.8, 4) is 0 Å². The molecule has 0 heterocycles. The van der Waals surface area contributed by atoms with Gasteiger partial charge in [-0.3, -0.25) is 0 Å². The summed E-state index contributed by atoms with van der Waals surface area (Å²) in [6.45, 7) is 20.4. The van der Waals surface area contributed by atoms with Crippen LogP contribution in [0.25, 0.3) is 10.4 Å². The van der Waals surface area contributed by atoms with Crippen LogP contribution in [0.15, 0.2) is 58.1 Å². The van der Waals surface area contributed by atoms with Crippen molar-refractivity contribution in [3.63, 3.8) is 0 Å². The largest absolute Gasteiger partial charge is 0.388 e. The summed E-state index contributed by atoms with van der Waals surface area (Å²) in [6.07, 6.45) is 5.11. The third-order valence-electron chi connectivity index (χ3n) is 11.9. The van der Waals surface area contributed by atoms with Gasteiger partial charge in [-0.1, -0.05) is 114 Å². The van der Waals surface area contributed by atoms with Crippen molar-refractivity contribution in [2.45, 2.75) is 135 Å². The fraction of sp³-hybridized carbons (Fsp3) is 0.467. The van der Waals surface area contributed by atoms with Gasteiger partial charge in [0, 0.05) is 32.1 Å². The molecule has 4 aromatic rings. The van der Waals surface area contributed by atoms with E-state index in [1.165, 1.54) is 39.3 Å². The maximum Gasteiger partial charge on any atom is 0.129 e. The second-order valence-corrected chi connectivity index (χ2v) is 35.1. The van der Waals surface area contributed by atoms with Gasteiger partial charge in [-0.05, 0) is 115 Å². The van der Waals surface area contributed by atoms with E-state index >= 15 is 0 Å². The highest BCUT2D eigenvalue weighted by atomic mass is 79.9. The molecule has 8 rings (SSSR count). The monoisotopic (exact) mass is 926 g/mol. The molecule has 6 nitrogen and oxygen atoms in total. The van der Waals surface area contributed by atoms with Gasteiger partial charge in [0.15, 0.2) is 0 Å². The number of nitrogens with two attached hydrogens (primary N) is 1. The molecule has 4 atom stereocenters. The van der Waals surface area contributed by atoms with Crippen LogP contribution in [0.4, 0.5) is 17.6 Å². The predicted octanol–water partition coefficient (Wildman–Crippen LogP) is 10.9. The van der Waals surface area contributed by atoms with Gasteiger partial charge in [0.25, 0.3) is 0 Å². The first-order valence-electron chi connectivity index (χ1n) is 20.5. The van der Waals surface area contributed by atoms with E-state index in [1.807, 2.05) is 18.2 Å². The minimum Gasteiger partial charge on any atom is -0.388 e. The van der Waals surface area contributed by atoms with E-state index < -0.39 is 36.4 Å². The van der Waals surface area contributed by atoms with Crippen molar-refractivity contribution in [3.05, 3.63) is 131 Å². The molecule has 4 aliphatic rings. The average molecular weight is 928 g/mol. The molecule has 0 saturated heterocycles. The summed E-state index contributed by atoms with van der Waals surface area (Å²) in [5, 5.41) is 26.8. The molecule has 0 radical (unpaired) electrons. The molecule has 0 unspecified atom stereocenters. The number of nitrogens with zero attached hydrogens (tertiary/aromatic N) is 3. The van der Waals surface area contributed by atoms with E-state index in [0.29, 0.717) is 29.5 Å². The standard InChI is InChI=1S/C12H16FN3Si.C12H18FNSi.C12H17FOSi.C9H8BrFO/c1-17(2,3)11-7-5-9(13)12-8(11)4-6-10(12)15-16-14;2*1-15(2,3)11-7-5-9(13)12-8(11)4-6-10(12)14;10-6-2-3-7(11)9-5(6)1-4-8(9)12/h5,7,10H,4,6H2,1-3H3;5,7,10H,4,6,14H2,1-3H3;5,7,10,14H,4,6H2,1-3H3;2-3,8,12H,1,4H2/t3*10-;8-/m1100/s1. The molecule has 0 fully saturated rings. The van der Waals surface area contributed by atoms with Gasteiger partial charge in [0.1, 0.15) is 23.3 Å². The first kappa shape index (κ1) is 47.0. The maximum absolute atomic E-state index is 13.9. The fourth-order valence-corrected chi connectivity index (χ4v) is 14.9. The molecule has 0 saturated carbocycles. The maximum atomic E-state index is 13.9. The first-order chi connectivity index (χ1) is 27.5. The number of hydrogen-bond donors (Lipinski definition) is 3. The van der Waals surface area contributed by atoms with Crippen molar-refractivity contribution in [1.29, 1.82) is 0 Å². The van der Waals surface area contributed by atoms with Crippen molar-refractivity contribution in [2.24, 2.45) is 10.8 Å². The van der Waals surface area contributed by atoms with Crippen molar-refractivity contribution < 1.29 is 27.8 Å². The van der Waals surface area contributed by atoms with E-state index in [-0.39, 0.29) is 35.4 Å². The molecule has 0 aliphatic heterocycles. The van der Waals surface area contributed by atoms with Gasteiger partial charge >= 0.3 is 0 Å². The first-order valence-corrected chi connectivity index (χ1v) is 31.8. The van der Waals surface area contributed by atoms with E-state index in [4.69, 9.17) is 11.3 Å². The van der Waals surface area contributed by atoms with E-state index in [2.05, 4.69) is 84.9 Å². The number of aliphatic hydroxyl groups is 2. The zero-order valence-corrected chi connectivity index (χ0v) is 40.4. The van der Waals surface area contributed by atoms with Gasteiger partial charge in [0.05, 0.1) is 42.5 Å². The summed E-state index contributed by atoms with van der Waals surface area (Å²) < 4.78 is 55.1. The molecule has 59 heavy (non-hydrogen) atoms. The van der Waals surface area contributed by atoms with Crippen LogP contribution in [-0.2, 0) is 25.7 Å². The molecular formula is C45H59BrF4N4O2Si3. The Balaban J connectivity index is 0.000000150. The molecule has 14 heteroatoms. The zero-order chi connectivity index (χ0) is 43.8. The summed E-state index contributed by atoms with van der Waals surface area (Å²) >= 11 is 3.33. The topological polar surface area (TPSA) is 115 Å². The van der Waals surface area contributed by atoms with E-state index in [9.17, 15) is 27.8 Å². The Kier molecular flexibility index (Phi) is 14.7. The Labute approximate surface area is 358 Å². The Morgan fingerprint density at radius 2 is 0.915 bits per heavy atom. The highest BCUT2D eigenvalue weighted by molar-refractivity contribution is 9.10. The number of fused-ring (bicyclic) bond motifs is 4. The molecule has 0 spiro atoms. The van der Waals surface area contributed by atoms with E-state index in [0.717, 1.165) is 65.3 Å². The summed E-state index contributed by atoms with van der Waals surface area (Å²) in [4.78, 5) is 2.82. The number of aliphatic hydroxyl groups excluding tert-OH is 2. The molecule has 4 aromatic carbocycles. The fourth-order valence-electron chi connectivity index (χ4n) is 9.07. The number of benzene rings is 4.